The Morgan fingerprint density at radius 3 is 2.56 bits per heavy atom. The lowest BCUT2D eigenvalue weighted by molar-refractivity contribution is -0.116. The van der Waals surface area contributed by atoms with Gasteiger partial charge in [0.25, 0.3) is 0 Å². The Morgan fingerprint density at radius 2 is 2.11 bits per heavy atom. The molecule has 0 atom stereocenters. The summed E-state index contributed by atoms with van der Waals surface area (Å²) in [5.41, 5.74) is 0. The predicted molar refractivity (Wildman–Crippen MR) is 35.1 cm³/mol. The molecule has 2 nitrogen and oxygen atoms in total. The monoisotopic (exact) mass is 126 g/mol. The molecule has 0 aliphatic carbocycles. The first kappa shape index (κ1) is 8.08. The van der Waals surface area contributed by atoms with Gasteiger partial charge in [0.15, 0.2) is 0 Å². The van der Waals surface area contributed by atoms with Crippen LogP contribution in [-0.2, 0) is 9.59 Å². The molecule has 0 amide bonds. The van der Waals surface area contributed by atoms with Gasteiger partial charge in [-0.05, 0) is 6.92 Å². The molecule has 0 fully saturated rings. The summed E-state index contributed by atoms with van der Waals surface area (Å²) < 4.78 is 0. The van der Waals surface area contributed by atoms with Crippen molar-refractivity contribution in [2.24, 2.45) is 0 Å². The summed E-state index contributed by atoms with van der Waals surface area (Å²) in [6.45, 7) is 1.52. The maximum Gasteiger partial charge on any atom is 0.133 e. The molecule has 0 N–H and O–H groups in total. The summed E-state index contributed by atoms with van der Waals surface area (Å²) in [4.78, 5) is 20.0. The number of aldehydes is 1. The van der Waals surface area contributed by atoms with E-state index in [-0.39, 0.29) is 5.78 Å². The van der Waals surface area contributed by atoms with Gasteiger partial charge < -0.3 is 4.79 Å². The van der Waals surface area contributed by atoms with Crippen molar-refractivity contribution < 1.29 is 9.59 Å². The minimum absolute atomic E-state index is 0.122. The maximum absolute atomic E-state index is 10.3. The third-order valence-corrected chi connectivity index (χ3v) is 0.804. The molecule has 2 heteroatoms. The Hall–Kier alpha value is -0.920. The van der Waals surface area contributed by atoms with Crippen LogP contribution in [0, 0.1) is 0 Å². The van der Waals surface area contributed by atoms with Crippen LogP contribution >= 0.6 is 0 Å². The van der Waals surface area contributed by atoms with Gasteiger partial charge in [0.2, 0.25) is 0 Å². The predicted octanol–water partition coefficient (Wildman–Crippen LogP) is 1.11. The molecule has 0 unspecified atom stereocenters. The lowest BCUT2D eigenvalue weighted by Gasteiger charge is -1.80. The van der Waals surface area contributed by atoms with Gasteiger partial charge in [-0.1, -0.05) is 12.2 Å². The molecule has 0 radical (unpaired) electrons. The molecular weight excluding hydrogens is 116 g/mol. The van der Waals surface area contributed by atoms with Gasteiger partial charge in [0.05, 0.1) is 0 Å². The van der Waals surface area contributed by atoms with E-state index >= 15 is 0 Å². The summed E-state index contributed by atoms with van der Waals surface area (Å²) in [6.07, 6.45) is 5.04. The van der Waals surface area contributed by atoms with Crippen LogP contribution in [0.15, 0.2) is 12.2 Å². The first-order chi connectivity index (χ1) is 4.27. The summed E-state index contributed by atoms with van der Waals surface area (Å²) >= 11 is 0. The molecular formula is C7H10O2. The first-order valence-corrected chi connectivity index (χ1v) is 2.85. The summed E-state index contributed by atoms with van der Waals surface area (Å²) in [7, 11) is 0. The van der Waals surface area contributed by atoms with E-state index in [1.165, 1.54) is 6.92 Å². The van der Waals surface area contributed by atoms with Gasteiger partial charge in [0.1, 0.15) is 12.1 Å². The summed E-state index contributed by atoms with van der Waals surface area (Å²) in [6, 6.07) is 0. The molecule has 0 spiro atoms. The minimum Gasteiger partial charge on any atom is -0.303 e. The van der Waals surface area contributed by atoms with E-state index in [0.29, 0.717) is 12.8 Å². The fourth-order valence-corrected chi connectivity index (χ4v) is 0.401. The summed E-state index contributed by atoms with van der Waals surface area (Å²) in [5, 5.41) is 0. The van der Waals surface area contributed by atoms with Crippen molar-refractivity contribution in [3.8, 4) is 0 Å². The third kappa shape index (κ3) is 7.08. The number of rotatable bonds is 4. The van der Waals surface area contributed by atoms with Crippen LogP contribution in [0.25, 0.3) is 0 Å². The van der Waals surface area contributed by atoms with Gasteiger partial charge in [-0.25, -0.2) is 0 Å². The van der Waals surface area contributed by atoms with E-state index in [0.717, 1.165) is 6.29 Å². The van der Waals surface area contributed by atoms with Crippen molar-refractivity contribution >= 4 is 12.1 Å². The molecule has 0 aromatic rings. The first-order valence-electron chi connectivity index (χ1n) is 2.85. The van der Waals surface area contributed by atoms with Gasteiger partial charge in [-0.15, -0.1) is 0 Å². The fraction of sp³-hybridized carbons (Fsp3) is 0.429. The fourth-order valence-electron chi connectivity index (χ4n) is 0.401. The largest absolute Gasteiger partial charge is 0.303 e. The highest BCUT2D eigenvalue weighted by molar-refractivity contribution is 5.77. The second-order valence-electron chi connectivity index (χ2n) is 1.78. The molecule has 0 aliphatic heterocycles. The molecule has 0 bridgehead atoms. The number of carbonyl (C=O) groups is 2. The zero-order valence-corrected chi connectivity index (χ0v) is 5.46. The second kappa shape index (κ2) is 5.22. The van der Waals surface area contributed by atoms with Crippen LogP contribution in [-0.4, -0.2) is 12.1 Å². The number of ketones is 1. The van der Waals surface area contributed by atoms with Crippen LogP contribution in [0.4, 0.5) is 0 Å². The molecule has 50 valence electrons. The minimum atomic E-state index is 0.122. The van der Waals surface area contributed by atoms with Crippen molar-refractivity contribution in [3.63, 3.8) is 0 Å². The van der Waals surface area contributed by atoms with Crippen molar-refractivity contribution in [2.45, 2.75) is 19.8 Å². The zero-order valence-electron chi connectivity index (χ0n) is 5.46. The molecule has 0 saturated heterocycles. The molecule has 0 rings (SSSR count). The Labute approximate surface area is 54.6 Å². The molecule has 0 saturated carbocycles. The Balaban J connectivity index is 3.24. The standard InChI is InChI=1S/C7H10O2/c1-7(9)5-3-2-4-6-8/h2-3,6H,4-5H2,1H3/b3-2-. The van der Waals surface area contributed by atoms with Gasteiger partial charge in [0, 0.05) is 12.8 Å². The molecule has 0 heterocycles. The van der Waals surface area contributed by atoms with E-state index < -0.39 is 0 Å². The lowest BCUT2D eigenvalue weighted by atomic mass is 10.3. The average molecular weight is 126 g/mol. The van der Waals surface area contributed by atoms with Crippen LogP contribution in [0.2, 0.25) is 0 Å². The quantitative estimate of drug-likeness (QED) is 0.417. The van der Waals surface area contributed by atoms with E-state index in [9.17, 15) is 9.59 Å². The average Bonchev–Trinajstić information content (AvgIpc) is 1.80. The van der Waals surface area contributed by atoms with Crippen molar-refractivity contribution in [3.05, 3.63) is 12.2 Å². The number of hydrogen-bond acceptors (Lipinski definition) is 2. The molecule has 0 aromatic heterocycles. The molecule has 0 aliphatic rings. The van der Waals surface area contributed by atoms with Gasteiger partial charge in [-0.3, -0.25) is 4.79 Å². The van der Waals surface area contributed by atoms with E-state index in [4.69, 9.17) is 0 Å². The summed E-state index contributed by atoms with van der Waals surface area (Å²) in [5.74, 6) is 0.122. The normalized spacial score (nSPS) is 9.89. The Bertz CT molecular complexity index is 125. The van der Waals surface area contributed by atoms with Crippen molar-refractivity contribution in [2.75, 3.05) is 0 Å². The van der Waals surface area contributed by atoms with E-state index in [1.807, 2.05) is 0 Å². The van der Waals surface area contributed by atoms with Crippen LogP contribution < -0.4 is 0 Å². The SMILES string of the molecule is CC(=O)C/C=C\CC=O. The van der Waals surface area contributed by atoms with Gasteiger partial charge in [-0.2, -0.15) is 0 Å². The number of carbonyl (C=O) groups excluding carboxylic acids is 2. The smallest absolute Gasteiger partial charge is 0.133 e. The Kier molecular flexibility index (Phi) is 4.69. The third-order valence-electron chi connectivity index (χ3n) is 0.804. The number of allylic oxidation sites excluding steroid dienone is 2. The van der Waals surface area contributed by atoms with Crippen LogP contribution in [0.5, 0.6) is 0 Å². The second-order valence-corrected chi connectivity index (χ2v) is 1.78. The van der Waals surface area contributed by atoms with Crippen molar-refractivity contribution in [1.82, 2.24) is 0 Å². The van der Waals surface area contributed by atoms with Crippen molar-refractivity contribution in [1.29, 1.82) is 0 Å². The highest BCUT2D eigenvalue weighted by Crippen LogP contribution is 1.85. The highest BCUT2D eigenvalue weighted by atomic mass is 16.1. The zero-order chi connectivity index (χ0) is 7.11. The van der Waals surface area contributed by atoms with Crippen LogP contribution in [0.3, 0.4) is 0 Å². The molecule has 0 aromatic carbocycles. The van der Waals surface area contributed by atoms with Gasteiger partial charge >= 0.3 is 0 Å². The lowest BCUT2D eigenvalue weighted by Crippen LogP contribution is -1.83. The van der Waals surface area contributed by atoms with E-state index in [1.54, 1.807) is 12.2 Å². The molecule has 9 heavy (non-hydrogen) atoms. The van der Waals surface area contributed by atoms with E-state index in [2.05, 4.69) is 0 Å². The topological polar surface area (TPSA) is 34.1 Å². The van der Waals surface area contributed by atoms with Crippen LogP contribution in [0.1, 0.15) is 19.8 Å². The number of hydrogen-bond donors (Lipinski definition) is 0. The Morgan fingerprint density at radius 1 is 1.44 bits per heavy atom. The highest BCUT2D eigenvalue weighted by Gasteiger charge is 1.83. The maximum atomic E-state index is 10.3. The number of Topliss-reactive ketones (excluding diaryl/α,β-unsaturated/α-hetero) is 1.